The van der Waals surface area contributed by atoms with Gasteiger partial charge in [-0.05, 0) is 12.3 Å². The minimum absolute atomic E-state index is 0.00103. The van der Waals surface area contributed by atoms with Crippen molar-refractivity contribution in [2.75, 3.05) is 19.7 Å². The smallest absolute Gasteiger partial charge is 0.239 e. The highest BCUT2D eigenvalue weighted by Crippen LogP contribution is 2.08. The molecule has 0 saturated carbocycles. The SMILES string of the molecule is CCCN(CCO)C(=O)[C@@H](N)C(C)CC. The maximum Gasteiger partial charge on any atom is 0.239 e. The quantitative estimate of drug-likeness (QED) is 0.654. The Bertz CT molecular complexity index is 179. The molecule has 4 heteroatoms. The van der Waals surface area contributed by atoms with Crippen LogP contribution in [0.15, 0.2) is 0 Å². The molecule has 0 fully saturated rings. The Morgan fingerprint density at radius 2 is 2.00 bits per heavy atom. The van der Waals surface area contributed by atoms with Crippen LogP contribution in [0.1, 0.15) is 33.6 Å². The summed E-state index contributed by atoms with van der Waals surface area (Å²) < 4.78 is 0. The van der Waals surface area contributed by atoms with Crippen LogP contribution in [-0.4, -0.2) is 41.7 Å². The second kappa shape index (κ2) is 7.65. The number of carbonyl (C=O) groups excluding carboxylic acids is 1. The molecule has 0 aromatic carbocycles. The van der Waals surface area contributed by atoms with Gasteiger partial charge in [0.1, 0.15) is 0 Å². The second-order valence-corrected chi connectivity index (χ2v) is 3.96. The molecule has 1 unspecified atom stereocenters. The monoisotopic (exact) mass is 216 g/mol. The third-order valence-corrected chi connectivity index (χ3v) is 2.72. The molecule has 0 aromatic heterocycles. The number of nitrogens with two attached hydrogens (primary N) is 1. The van der Waals surface area contributed by atoms with Gasteiger partial charge in [-0.1, -0.05) is 27.2 Å². The molecule has 0 spiro atoms. The van der Waals surface area contributed by atoms with E-state index in [0.29, 0.717) is 13.1 Å². The van der Waals surface area contributed by atoms with Crippen molar-refractivity contribution in [1.82, 2.24) is 4.90 Å². The van der Waals surface area contributed by atoms with Crippen molar-refractivity contribution >= 4 is 5.91 Å². The summed E-state index contributed by atoms with van der Waals surface area (Å²) in [5.74, 6) is 0.149. The summed E-state index contributed by atoms with van der Waals surface area (Å²) in [6.07, 6.45) is 1.78. The van der Waals surface area contributed by atoms with E-state index in [1.807, 2.05) is 20.8 Å². The number of rotatable bonds is 7. The van der Waals surface area contributed by atoms with Crippen LogP contribution >= 0.6 is 0 Å². The highest BCUT2D eigenvalue weighted by Gasteiger charge is 2.23. The number of hydrogen-bond acceptors (Lipinski definition) is 3. The average Bonchev–Trinajstić information content (AvgIpc) is 2.25. The largest absolute Gasteiger partial charge is 0.395 e. The fourth-order valence-corrected chi connectivity index (χ4v) is 1.43. The van der Waals surface area contributed by atoms with E-state index >= 15 is 0 Å². The first-order valence-electron chi connectivity index (χ1n) is 5.73. The summed E-state index contributed by atoms with van der Waals surface area (Å²) in [4.78, 5) is 13.6. The molecule has 0 bridgehead atoms. The zero-order valence-corrected chi connectivity index (χ0v) is 10.1. The fourth-order valence-electron chi connectivity index (χ4n) is 1.43. The molecular weight excluding hydrogens is 192 g/mol. The molecule has 0 rings (SSSR count). The summed E-state index contributed by atoms with van der Waals surface area (Å²) in [5.41, 5.74) is 5.86. The Labute approximate surface area is 92.4 Å². The molecule has 1 amide bonds. The van der Waals surface area contributed by atoms with E-state index in [4.69, 9.17) is 10.8 Å². The third kappa shape index (κ3) is 4.62. The molecule has 3 N–H and O–H groups in total. The number of aliphatic hydroxyl groups excluding tert-OH is 1. The van der Waals surface area contributed by atoms with Crippen LogP contribution in [0.5, 0.6) is 0 Å². The predicted molar refractivity (Wildman–Crippen MR) is 61.4 cm³/mol. The van der Waals surface area contributed by atoms with Gasteiger partial charge < -0.3 is 15.7 Å². The van der Waals surface area contributed by atoms with Gasteiger partial charge in [-0.2, -0.15) is 0 Å². The number of hydrogen-bond donors (Lipinski definition) is 2. The number of aliphatic hydroxyl groups is 1. The summed E-state index contributed by atoms with van der Waals surface area (Å²) in [6, 6.07) is -0.437. The van der Waals surface area contributed by atoms with E-state index in [-0.39, 0.29) is 18.4 Å². The number of amides is 1. The molecule has 0 saturated heterocycles. The molecular formula is C11H24N2O2. The van der Waals surface area contributed by atoms with Gasteiger partial charge in [0.05, 0.1) is 12.6 Å². The molecule has 0 heterocycles. The highest BCUT2D eigenvalue weighted by molar-refractivity contribution is 5.81. The van der Waals surface area contributed by atoms with Crippen LogP contribution in [0, 0.1) is 5.92 Å². The Kier molecular flexibility index (Phi) is 7.34. The van der Waals surface area contributed by atoms with E-state index in [1.165, 1.54) is 0 Å². The average molecular weight is 216 g/mol. The zero-order chi connectivity index (χ0) is 11.8. The van der Waals surface area contributed by atoms with Crippen molar-refractivity contribution in [3.05, 3.63) is 0 Å². The number of carbonyl (C=O) groups is 1. The van der Waals surface area contributed by atoms with E-state index < -0.39 is 6.04 Å². The lowest BCUT2D eigenvalue weighted by atomic mass is 9.99. The van der Waals surface area contributed by atoms with Crippen LogP contribution in [0.25, 0.3) is 0 Å². The van der Waals surface area contributed by atoms with Gasteiger partial charge in [0.2, 0.25) is 5.91 Å². The molecule has 4 nitrogen and oxygen atoms in total. The van der Waals surface area contributed by atoms with E-state index in [1.54, 1.807) is 4.90 Å². The first kappa shape index (κ1) is 14.4. The van der Waals surface area contributed by atoms with Gasteiger partial charge in [-0.15, -0.1) is 0 Å². The van der Waals surface area contributed by atoms with Gasteiger partial charge in [0.15, 0.2) is 0 Å². The first-order chi connectivity index (χ1) is 7.08. The Morgan fingerprint density at radius 3 is 2.40 bits per heavy atom. The van der Waals surface area contributed by atoms with Crippen molar-refractivity contribution < 1.29 is 9.90 Å². The molecule has 90 valence electrons. The standard InChI is InChI=1S/C11H24N2O2/c1-4-6-13(7-8-14)11(15)10(12)9(3)5-2/h9-10,14H,4-8,12H2,1-3H3/t9?,10-/m0/s1. The van der Waals surface area contributed by atoms with Crippen LogP contribution < -0.4 is 5.73 Å². The van der Waals surface area contributed by atoms with Crippen LogP contribution in [-0.2, 0) is 4.79 Å². The maximum absolute atomic E-state index is 11.9. The van der Waals surface area contributed by atoms with Crippen molar-refractivity contribution in [1.29, 1.82) is 0 Å². The zero-order valence-electron chi connectivity index (χ0n) is 10.1. The lowest BCUT2D eigenvalue weighted by Crippen LogP contribution is -2.48. The maximum atomic E-state index is 11.9. The summed E-state index contributed by atoms with van der Waals surface area (Å²) >= 11 is 0. The van der Waals surface area contributed by atoms with Crippen molar-refractivity contribution in [2.45, 2.75) is 39.7 Å². The Hall–Kier alpha value is -0.610. The van der Waals surface area contributed by atoms with Gasteiger partial charge in [0.25, 0.3) is 0 Å². The lowest BCUT2D eigenvalue weighted by molar-refractivity contribution is -0.134. The molecule has 0 aromatic rings. The first-order valence-corrected chi connectivity index (χ1v) is 5.73. The second-order valence-electron chi connectivity index (χ2n) is 3.96. The van der Waals surface area contributed by atoms with E-state index in [2.05, 4.69) is 0 Å². The van der Waals surface area contributed by atoms with Crippen LogP contribution in [0.3, 0.4) is 0 Å². The highest BCUT2D eigenvalue weighted by atomic mass is 16.3. The minimum atomic E-state index is -0.437. The Morgan fingerprint density at radius 1 is 1.40 bits per heavy atom. The van der Waals surface area contributed by atoms with Gasteiger partial charge in [-0.25, -0.2) is 0 Å². The molecule has 0 aliphatic rings. The lowest BCUT2D eigenvalue weighted by Gasteiger charge is -2.27. The fraction of sp³-hybridized carbons (Fsp3) is 0.909. The summed E-state index contributed by atoms with van der Waals surface area (Å²) in [5, 5.41) is 8.86. The molecule has 0 radical (unpaired) electrons. The summed E-state index contributed by atoms with van der Waals surface area (Å²) in [6.45, 7) is 7.06. The van der Waals surface area contributed by atoms with E-state index in [9.17, 15) is 4.79 Å². The number of nitrogens with zero attached hydrogens (tertiary/aromatic N) is 1. The van der Waals surface area contributed by atoms with E-state index in [0.717, 1.165) is 12.8 Å². The van der Waals surface area contributed by atoms with Crippen LogP contribution in [0.4, 0.5) is 0 Å². The predicted octanol–water partition coefficient (Wildman–Crippen LogP) is 0.591. The van der Waals surface area contributed by atoms with Crippen molar-refractivity contribution in [3.63, 3.8) is 0 Å². The molecule has 0 aliphatic heterocycles. The van der Waals surface area contributed by atoms with Crippen molar-refractivity contribution in [3.8, 4) is 0 Å². The summed E-state index contributed by atoms with van der Waals surface area (Å²) in [7, 11) is 0. The van der Waals surface area contributed by atoms with Crippen molar-refractivity contribution in [2.24, 2.45) is 11.7 Å². The van der Waals surface area contributed by atoms with Gasteiger partial charge in [-0.3, -0.25) is 4.79 Å². The molecule has 0 aliphatic carbocycles. The third-order valence-electron chi connectivity index (χ3n) is 2.72. The van der Waals surface area contributed by atoms with Gasteiger partial charge in [0, 0.05) is 13.1 Å². The normalized spacial score (nSPS) is 14.7. The van der Waals surface area contributed by atoms with Crippen LogP contribution in [0.2, 0.25) is 0 Å². The van der Waals surface area contributed by atoms with Gasteiger partial charge >= 0.3 is 0 Å². The topological polar surface area (TPSA) is 66.6 Å². The molecule has 2 atom stereocenters. The molecule has 15 heavy (non-hydrogen) atoms. The minimum Gasteiger partial charge on any atom is -0.395 e. The Balaban J connectivity index is 4.33.